The summed E-state index contributed by atoms with van der Waals surface area (Å²) in [5, 5.41) is 14.1. The molecule has 1 saturated carbocycles. The highest BCUT2D eigenvalue weighted by molar-refractivity contribution is 5.90. The van der Waals surface area contributed by atoms with Gasteiger partial charge in [0.15, 0.2) is 5.84 Å². The van der Waals surface area contributed by atoms with Gasteiger partial charge in [-0.15, -0.1) is 0 Å². The number of hydrogen-bond donors (Lipinski definition) is 3. The summed E-state index contributed by atoms with van der Waals surface area (Å²) in [5.41, 5.74) is 5.45. The van der Waals surface area contributed by atoms with Gasteiger partial charge >= 0.3 is 0 Å². The Kier molecular flexibility index (Phi) is 3.70. The third-order valence-corrected chi connectivity index (χ3v) is 2.12. The van der Waals surface area contributed by atoms with E-state index >= 15 is 0 Å². The Labute approximate surface area is 82.1 Å². The SMILES string of the molecule is COCC(=O)NC(C(N)=NO)C1CC1. The molecular formula is C8H15N3O3. The average molecular weight is 201 g/mol. The van der Waals surface area contributed by atoms with E-state index in [-0.39, 0.29) is 24.4 Å². The summed E-state index contributed by atoms with van der Waals surface area (Å²) >= 11 is 0. The Morgan fingerprint density at radius 3 is 2.86 bits per heavy atom. The maximum atomic E-state index is 11.2. The van der Waals surface area contributed by atoms with Gasteiger partial charge in [0.25, 0.3) is 0 Å². The lowest BCUT2D eigenvalue weighted by Gasteiger charge is -2.16. The predicted octanol–water partition coefficient (Wildman–Crippen LogP) is -0.726. The minimum absolute atomic E-state index is 0.0120. The first-order chi connectivity index (χ1) is 6.69. The van der Waals surface area contributed by atoms with E-state index in [0.717, 1.165) is 12.8 Å². The van der Waals surface area contributed by atoms with Crippen LogP contribution in [-0.4, -0.2) is 36.7 Å². The highest BCUT2D eigenvalue weighted by atomic mass is 16.5. The molecule has 0 radical (unpaired) electrons. The number of amides is 1. The number of nitrogens with zero attached hydrogens (tertiary/aromatic N) is 1. The van der Waals surface area contributed by atoms with Crippen molar-refractivity contribution >= 4 is 11.7 Å². The number of nitrogens with one attached hydrogen (secondary N) is 1. The van der Waals surface area contributed by atoms with Gasteiger partial charge in [0.2, 0.25) is 5.91 Å². The van der Waals surface area contributed by atoms with E-state index in [2.05, 4.69) is 15.2 Å². The van der Waals surface area contributed by atoms with Gasteiger partial charge in [-0.1, -0.05) is 5.16 Å². The second-order valence-corrected chi connectivity index (χ2v) is 3.34. The maximum Gasteiger partial charge on any atom is 0.246 e. The molecule has 1 rings (SSSR count). The van der Waals surface area contributed by atoms with Crippen molar-refractivity contribution in [1.29, 1.82) is 0 Å². The molecule has 1 aliphatic rings. The molecule has 6 nitrogen and oxygen atoms in total. The summed E-state index contributed by atoms with van der Waals surface area (Å²) in [5.74, 6) is 0.0969. The van der Waals surface area contributed by atoms with Crippen molar-refractivity contribution in [3.05, 3.63) is 0 Å². The van der Waals surface area contributed by atoms with Crippen LogP contribution in [0.1, 0.15) is 12.8 Å². The van der Waals surface area contributed by atoms with Gasteiger partial charge in [0.1, 0.15) is 6.61 Å². The Bertz CT molecular complexity index is 238. The summed E-state index contributed by atoms with van der Waals surface area (Å²) in [6.07, 6.45) is 1.99. The topological polar surface area (TPSA) is 96.9 Å². The number of hydrogen-bond acceptors (Lipinski definition) is 4. The molecule has 0 heterocycles. The molecule has 80 valence electrons. The summed E-state index contributed by atoms with van der Waals surface area (Å²) in [7, 11) is 1.44. The van der Waals surface area contributed by atoms with Crippen molar-refractivity contribution < 1.29 is 14.7 Å². The second-order valence-electron chi connectivity index (χ2n) is 3.34. The summed E-state index contributed by atoms with van der Waals surface area (Å²) in [6, 6.07) is -0.359. The molecule has 0 bridgehead atoms. The molecule has 0 aliphatic heterocycles. The predicted molar refractivity (Wildman–Crippen MR) is 49.9 cm³/mol. The molecule has 0 aromatic rings. The molecular weight excluding hydrogens is 186 g/mol. The largest absolute Gasteiger partial charge is 0.409 e. The number of nitrogens with two attached hydrogens (primary N) is 1. The normalized spacial score (nSPS) is 19.1. The van der Waals surface area contributed by atoms with Gasteiger partial charge in [-0.05, 0) is 18.8 Å². The lowest BCUT2D eigenvalue weighted by molar-refractivity contribution is -0.125. The fourth-order valence-electron chi connectivity index (χ4n) is 1.27. The van der Waals surface area contributed by atoms with Crippen LogP contribution in [0.25, 0.3) is 0 Å². The maximum absolute atomic E-state index is 11.2. The molecule has 0 aromatic heterocycles. The smallest absolute Gasteiger partial charge is 0.246 e. The standard InChI is InChI=1S/C8H15N3O3/c1-14-4-6(12)10-7(5-2-3-5)8(9)11-13/h5,7,13H,2-4H2,1H3,(H2,9,11)(H,10,12). The van der Waals surface area contributed by atoms with Crippen LogP contribution in [0.15, 0.2) is 5.16 Å². The zero-order valence-electron chi connectivity index (χ0n) is 8.06. The number of ether oxygens (including phenoxy) is 1. The molecule has 4 N–H and O–H groups in total. The number of oxime groups is 1. The quantitative estimate of drug-likeness (QED) is 0.236. The number of carbonyl (C=O) groups is 1. The fourth-order valence-corrected chi connectivity index (χ4v) is 1.27. The van der Waals surface area contributed by atoms with Crippen LogP contribution in [0.2, 0.25) is 0 Å². The first-order valence-electron chi connectivity index (χ1n) is 4.44. The van der Waals surface area contributed by atoms with E-state index in [9.17, 15) is 4.79 Å². The van der Waals surface area contributed by atoms with Crippen LogP contribution < -0.4 is 11.1 Å². The molecule has 6 heteroatoms. The number of carbonyl (C=O) groups excluding carboxylic acids is 1. The van der Waals surface area contributed by atoms with Gasteiger partial charge in [0.05, 0.1) is 6.04 Å². The lowest BCUT2D eigenvalue weighted by atomic mass is 10.1. The molecule has 1 unspecified atom stereocenters. The number of rotatable bonds is 5. The highest BCUT2D eigenvalue weighted by Crippen LogP contribution is 2.32. The Hall–Kier alpha value is -1.30. The van der Waals surface area contributed by atoms with Crippen LogP contribution >= 0.6 is 0 Å². The third-order valence-electron chi connectivity index (χ3n) is 2.12. The first-order valence-corrected chi connectivity index (χ1v) is 4.44. The van der Waals surface area contributed by atoms with Crippen molar-refractivity contribution in [2.24, 2.45) is 16.8 Å². The molecule has 0 saturated heterocycles. The Morgan fingerprint density at radius 2 is 2.43 bits per heavy atom. The molecule has 1 amide bonds. The van der Waals surface area contributed by atoms with Crippen molar-refractivity contribution in [2.75, 3.05) is 13.7 Å². The van der Waals surface area contributed by atoms with E-state index in [1.54, 1.807) is 0 Å². The minimum Gasteiger partial charge on any atom is -0.409 e. The molecule has 0 spiro atoms. The zero-order chi connectivity index (χ0) is 10.6. The fraction of sp³-hybridized carbons (Fsp3) is 0.750. The van der Waals surface area contributed by atoms with Crippen LogP contribution in [0.4, 0.5) is 0 Å². The zero-order valence-corrected chi connectivity index (χ0v) is 8.06. The summed E-state index contributed by atoms with van der Waals surface area (Å²) < 4.78 is 4.66. The van der Waals surface area contributed by atoms with Gasteiger partial charge in [-0.25, -0.2) is 0 Å². The summed E-state index contributed by atoms with van der Waals surface area (Å²) in [4.78, 5) is 11.2. The van der Waals surface area contributed by atoms with E-state index in [1.807, 2.05) is 0 Å². The van der Waals surface area contributed by atoms with Crippen LogP contribution in [0, 0.1) is 5.92 Å². The van der Waals surface area contributed by atoms with E-state index < -0.39 is 0 Å². The van der Waals surface area contributed by atoms with Gasteiger partial charge in [-0.2, -0.15) is 0 Å². The van der Waals surface area contributed by atoms with Gasteiger partial charge in [0, 0.05) is 7.11 Å². The van der Waals surface area contributed by atoms with Crippen molar-refractivity contribution in [3.8, 4) is 0 Å². The first kappa shape index (κ1) is 10.8. The molecule has 1 atom stereocenters. The minimum atomic E-state index is -0.359. The van der Waals surface area contributed by atoms with Crippen molar-refractivity contribution in [2.45, 2.75) is 18.9 Å². The highest BCUT2D eigenvalue weighted by Gasteiger charge is 2.35. The van der Waals surface area contributed by atoms with Crippen LogP contribution in [0.5, 0.6) is 0 Å². The third kappa shape index (κ3) is 2.88. The molecule has 14 heavy (non-hydrogen) atoms. The monoisotopic (exact) mass is 201 g/mol. The number of methoxy groups -OCH3 is 1. The molecule has 1 aliphatic carbocycles. The van der Waals surface area contributed by atoms with E-state index in [0.29, 0.717) is 5.92 Å². The Balaban J connectivity index is 2.47. The van der Waals surface area contributed by atoms with Crippen molar-refractivity contribution in [3.63, 3.8) is 0 Å². The van der Waals surface area contributed by atoms with Gasteiger partial charge < -0.3 is 21.0 Å². The van der Waals surface area contributed by atoms with Crippen molar-refractivity contribution in [1.82, 2.24) is 5.32 Å². The molecule has 0 aromatic carbocycles. The van der Waals surface area contributed by atoms with Crippen LogP contribution in [0.3, 0.4) is 0 Å². The van der Waals surface area contributed by atoms with E-state index in [1.165, 1.54) is 7.11 Å². The van der Waals surface area contributed by atoms with E-state index in [4.69, 9.17) is 10.9 Å². The average Bonchev–Trinajstić information content (AvgIpc) is 2.97. The number of amidine groups is 1. The molecule has 1 fully saturated rings. The second kappa shape index (κ2) is 4.80. The summed E-state index contributed by atoms with van der Waals surface area (Å²) in [6.45, 7) is -0.0120. The Morgan fingerprint density at radius 1 is 1.79 bits per heavy atom. The van der Waals surface area contributed by atoms with Gasteiger partial charge in [-0.3, -0.25) is 4.79 Å². The lowest BCUT2D eigenvalue weighted by Crippen LogP contribution is -2.47. The van der Waals surface area contributed by atoms with Crippen LogP contribution in [-0.2, 0) is 9.53 Å².